The van der Waals surface area contributed by atoms with Gasteiger partial charge in [0.2, 0.25) is 0 Å². The SMILES string of the molecule is OCCN1C[C@H](O)[C@@H](O)[C@H](O)[C@H]1CO.OCCN1C[C@H](O)[C@@H](O)[C@H](O)[C@H]1CO. The summed E-state index contributed by atoms with van der Waals surface area (Å²) in [7, 11) is 0. The van der Waals surface area contributed by atoms with Gasteiger partial charge in [-0.2, -0.15) is 0 Å². The highest BCUT2D eigenvalue weighted by atomic mass is 16.4. The zero-order valence-electron chi connectivity index (χ0n) is 15.6. The molecule has 0 aromatic heterocycles. The van der Waals surface area contributed by atoms with Crippen molar-refractivity contribution in [2.75, 3.05) is 52.6 Å². The molecule has 10 N–H and O–H groups in total. The highest BCUT2D eigenvalue weighted by Gasteiger charge is 2.41. The van der Waals surface area contributed by atoms with Gasteiger partial charge in [-0.3, -0.25) is 9.80 Å². The van der Waals surface area contributed by atoms with E-state index in [4.69, 9.17) is 20.4 Å². The largest absolute Gasteiger partial charge is 0.395 e. The molecule has 0 bridgehead atoms. The number of β-amino-alcohol motifs (C(OH)–C–C–N with tert-alkyl or cyclic N) is 4. The predicted octanol–water partition coefficient (Wildman–Crippen LogP) is -6.52. The van der Waals surface area contributed by atoms with Crippen LogP contribution in [0.1, 0.15) is 0 Å². The fourth-order valence-corrected chi connectivity index (χ4v) is 3.53. The first-order valence-electron chi connectivity index (χ1n) is 9.23. The van der Waals surface area contributed by atoms with Crippen LogP contribution >= 0.6 is 0 Å². The highest BCUT2D eigenvalue weighted by Crippen LogP contribution is 2.19. The maximum Gasteiger partial charge on any atom is 0.109 e. The molecule has 0 unspecified atom stereocenters. The molecule has 0 radical (unpaired) electrons. The second-order valence-electron chi connectivity index (χ2n) is 7.03. The quantitative estimate of drug-likeness (QED) is 0.197. The number of piperidine rings is 2. The van der Waals surface area contributed by atoms with Gasteiger partial charge in [-0.05, 0) is 0 Å². The predicted molar refractivity (Wildman–Crippen MR) is 95.1 cm³/mol. The lowest BCUT2D eigenvalue weighted by Crippen LogP contribution is -2.62. The lowest BCUT2D eigenvalue weighted by atomic mass is 9.94. The molecule has 2 rings (SSSR count). The molecule has 168 valence electrons. The molecule has 0 aliphatic carbocycles. The van der Waals surface area contributed by atoms with Crippen molar-refractivity contribution < 1.29 is 51.1 Å². The van der Waals surface area contributed by atoms with Crippen molar-refractivity contribution in [2.45, 2.75) is 48.7 Å². The molecule has 0 aromatic carbocycles. The molecule has 28 heavy (non-hydrogen) atoms. The Bertz CT molecular complexity index is 396. The summed E-state index contributed by atoms with van der Waals surface area (Å²) in [5, 5.41) is 91.8. The Morgan fingerprint density at radius 3 is 1.11 bits per heavy atom. The summed E-state index contributed by atoms with van der Waals surface area (Å²) >= 11 is 0. The first kappa shape index (κ1) is 25.6. The Balaban J connectivity index is 0.000000280. The molecule has 0 amide bonds. The van der Waals surface area contributed by atoms with E-state index < -0.39 is 48.7 Å². The van der Waals surface area contributed by atoms with Gasteiger partial charge in [0.25, 0.3) is 0 Å². The van der Waals surface area contributed by atoms with Gasteiger partial charge in [0.05, 0.1) is 50.7 Å². The van der Waals surface area contributed by atoms with E-state index in [2.05, 4.69) is 0 Å². The van der Waals surface area contributed by atoms with Crippen LogP contribution in [0.2, 0.25) is 0 Å². The Kier molecular flexibility index (Phi) is 11.2. The topological polar surface area (TPSA) is 209 Å². The third-order valence-electron chi connectivity index (χ3n) is 5.21. The van der Waals surface area contributed by atoms with Gasteiger partial charge >= 0.3 is 0 Å². The Morgan fingerprint density at radius 2 is 0.857 bits per heavy atom. The van der Waals surface area contributed by atoms with Crippen LogP contribution in [0.15, 0.2) is 0 Å². The zero-order chi connectivity index (χ0) is 21.4. The van der Waals surface area contributed by atoms with Crippen molar-refractivity contribution in [3.05, 3.63) is 0 Å². The van der Waals surface area contributed by atoms with E-state index in [-0.39, 0.29) is 52.6 Å². The summed E-state index contributed by atoms with van der Waals surface area (Å²) in [6, 6.07) is -1.25. The number of likely N-dealkylation sites (tertiary alicyclic amines) is 2. The van der Waals surface area contributed by atoms with E-state index in [0.29, 0.717) is 0 Å². The molecular weight excluding hydrogens is 380 g/mol. The van der Waals surface area contributed by atoms with Crippen LogP contribution in [0.25, 0.3) is 0 Å². The molecular formula is C16H34N2O10. The average molecular weight is 414 g/mol. The zero-order valence-corrected chi connectivity index (χ0v) is 15.6. The number of hydrogen-bond acceptors (Lipinski definition) is 12. The van der Waals surface area contributed by atoms with Crippen LogP contribution in [0.3, 0.4) is 0 Å². The van der Waals surface area contributed by atoms with Gasteiger partial charge in [-0.25, -0.2) is 0 Å². The van der Waals surface area contributed by atoms with Crippen molar-refractivity contribution in [2.24, 2.45) is 0 Å². The smallest absolute Gasteiger partial charge is 0.109 e. The summed E-state index contributed by atoms with van der Waals surface area (Å²) < 4.78 is 0. The highest BCUT2D eigenvalue weighted by molar-refractivity contribution is 4.94. The van der Waals surface area contributed by atoms with Gasteiger partial charge in [0, 0.05) is 26.2 Å². The Labute approximate surface area is 163 Å². The van der Waals surface area contributed by atoms with E-state index >= 15 is 0 Å². The van der Waals surface area contributed by atoms with Crippen molar-refractivity contribution in [3.8, 4) is 0 Å². The van der Waals surface area contributed by atoms with Gasteiger partial charge in [-0.1, -0.05) is 0 Å². The van der Waals surface area contributed by atoms with Crippen LogP contribution in [0.4, 0.5) is 0 Å². The standard InChI is InChI=1S/2C8H17NO5/c2*10-2-1-9-3-6(12)8(14)7(13)5(9)4-11/h2*5-8,10-14H,1-4H2/t2*5-,6+,7-,8-/m11/s1. The number of hydrogen-bond donors (Lipinski definition) is 10. The third-order valence-corrected chi connectivity index (χ3v) is 5.21. The maximum atomic E-state index is 9.51. The average Bonchev–Trinajstić information content (AvgIpc) is 2.66. The molecule has 2 aliphatic rings. The van der Waals surface area contributed by atoms with Crippen LogP contribution in [0.5, 0.6) is 0 Å². The summed E-state index contributed by atoms with van der Waals surface area (Å²) in [6.07, 6.45) is -6.92. The van der Waals surface area contributed by atoms with Crippen molar-refractivity contribution in [1.29, 1.82) is 0 Å². The summed E-state index contributed by atoms with van der Waals surface area (Å²) in [6.45, 7) is -0.0693. The fraction of sp³-hybridized carbons (Fsp3) is 1.00. The minimum Gasteiger partial charge on any atom is -0.395 e. The van der Waals surface area contributed by atoms with E-state index in [9.17, 15) is 30.6 Å². The summed E-state index contributed by atoms with van der Waals surface area (Å²) in [5.41, 5.74) is 0. The molecule has 12 nitrogen and oxygen atoms in total. The second kappa shape index (κ2) is 12.3. The minimum absolute atomic E-state index is 0.119. The molecule has 2 aliphatic heterocycles. The number of aliphatic hydroxyl groups is 10. The fourth-order valence-electron chi connectivity index (χ4n) is 3.53. The van der Waals surface area contributed by atoms with Crippen molar-refractivity contribution in [1.82, 2.24) is 9.80 Å². The second-order valence-corrected chi connectivity index (χ2v) is 7.03. The molecule has 2 saturated heterocycles. The van der Waals surface area contributed by atoms with Crippen LogP contribution in [-0.2, 0) is 0 Å². The lowest BCUT2D eigenvalue weighted by Gasteiger charge is -2.42. The number of nitrogens with zero attached hydrogens (tertiary/aromatic N) is 2. The summed E-state index contributed by atoms with van der Waals surface area (Å²) in [5.74, 6) is 0. The van der Waals surface area contributed by atoms with E-state index in [1.54, 1.807) is 9.80 Å². The maximum absolute atomic E-state index is 9.51. The van der Waals surface area contributed by atoms with Crippen molar-refractivity contribution >= 4 is 0 Å². The molecule has 12 heteroatoms. The van der Waals surface area contributed by atoms with E-state index in [1.165, 1.54) is 0 Å². The summed E-state index contributed by atoms with van der Waals surface area (Å²) in [4.78, 5) is 3.12. The Morgan fingerprint density at radius 1 is 0.536 bits per heavy atom. The van der Waals surface area contributed by atoms with Crippen molar-refractivity contribution in [3.63, 3.8) is 0 Å². The number of rotatable bonds is 6. The van der Waals surface area contributed by atoms with Gasteiger partial charge in [-0.15, -0.1) is 0 Å². The van der Waals surface area contributed by atoms with Crippen LogP contribution in [0, 0.1) is 0 Å². The monoisotopic (exact) mass is 414 g/mol. The molecule has 0 aromatic rings. The molecule has 8 atom stereocenters. The molecule has 0 saturated carbocycles. The normalized spacial score (nSPS) is 40.1. The van der Waals surface area contributed by atoms with Crippen LogP contribution < -0.4 is 0 Å². The van der Waals surface area contributed by atoms with E-state index in [0.717, 1.165) is 0 Å². The minimum atomic E-state index is -1.23. The first-order valence-corrected chi connectivity index (χ1v) is 9.23. The van der Waals surface area contributed by atoms with Crippen LogP contribution in [-0.4, -0.2) is 162 Å². The number of aliphatic hydroxyl groups excluding tert-OH is 10. The van der Waals surface area contributed by atoms with Gasteiger partial charge in [0.1, 0.15) is 24.4 Å². The van der Waals surface area contributed by atoms with Gasteiger partial charge < -0.3 is 51.1 Å². The first-order chi connectivity index (χ1) is 13.2. The van der Waals surface area contributed by atoms with E-state index in [1.807, 2.05) is 0 Å². The Hall–Kier alpha value is -0.480. The van der Waals surface area contributed by atoms with Gasteiger partial charge in [0.15, 0.2) is 0 Å². The molecule has 2 fully saturated rings. The third kappa shape index (κ3) is 6.26. The molecule has 2 heterocycles. The lowest BCUT2D eigenvalue weighted by molar-refractivity contribution is -0.146. The molecule has 0 spiro atoms.